The molecule has 2 rings (SSSR count). The van der Waals surface area contributed by atoms with Gasteiger partial charge in [-0.2, -0.15) is 0 Å². The van der Waals surface area contributed by atoms with Crippen LogP contribution >= 0.6 is 0 Å². The maximum atomic E-state index is 12.1. The molecule has 4 nitrogen and oxygen atoms in total. The van der Waals surface area contributed by atoms with Crippen LogP contribution in [0.3, 0.4) is 0 Å². The Labute approximate surface area is 129 Å². The van der Waals surface area contributed by atoms with Crippen LogP contribution in [-0.4, -0.2) is 43.0 Å². The molecule has 0 aromatic heterocycles. The van der Waals surface area contributed by atoms with E-state index in [1.807, 2.05) is 0 Å². The number of rotatable bonds is 5. The first kappa shape index (κ1) is 16.8. The first-order valence-electron chi connectivity index (χ1n) is 8.80. The topological polar surface area (TPSA) is 58.4 Å². The van der Waals surface area contributed by atoms with Crippen molar-refractivity contribution >= 4 is 5.91 Å². The molecule has 0 spiro atoms. The Bertz CT molecular complexity index is 324. The molecule has 1 heterocycles. The quantitative estimate of drug-likeness (QED) is 0.763. The van der Waals surface area contributed by atoms with Crippen LogP contribution in [-0.2, 0) is 4.79 Å². The molecule has 21 heavy (non-hydrogen) atoms. The van der Waals surface area contributed by atoms with Gasteiger partial charge in [0.2, 0.25) is 5.91 Å². The van der Waals surface area contributed by atoms with Crippen molar-refractivity contribution in [2.45, 2.75) is 58.4 Å². The van der Waals surface area contributed by atoms with Gasteiger partial charge < -0.3 is 16.0 Å². The molecule has 0 aromatic carbocycles. The fraction of sp³-hybridized carbons (Fsp3) is 0.941. The summed E-state index contributed by atoms with van der Waals surface area (Å²) >= 11 is 0. The fourth-order valence-corrected chi connectivity index (χ4v) is 4.10. The van der Waals surface area contributed by atoms with Crippen molar-refractivity contribution in [2.24, 2.45) is 23.5 Å². The van der Waals surface area contributed by atoms with E-state index in [-0.39, 0.29) is 17.9 Å². The van der Waals surface area contributed by atoms with Crippen LogP contribution in [0.4, 0.5) is 0 Å². The summed E-state index contributed by atoms with van der Waals surface area (Å²) in [5.41, 5.74) is 5.95. The molecular weight excluding hydrogens is 262 g/mol. The minimum absolute atomic E-state index is 0.156. The second-order valence-corrected chi connectivity index (χ2v) is 7.47. The maximum Gasteiger partial charge on any atom is 0.223 e. The van der Waals surface area contributed by atoms with Crippen LogP contribution in [0.25, 0.3) is 0 Å². The average molecular weight is 295 g/mol. The molecule has 4 heteroatoms. The SMILES string of the molecule is CC1CC(C)CN(CCCNC(=O)C2CCCC(N)C2)C1. The first-order valence-corrected chi connectivity index (χ1v) is 8.80. The number of nitrogens with zero attached hydrogens (tertiary/aromatic N) is 1. The number of nitrogens with two attached hydrogens (primary N) is 1. The van der Waals surface area contributed by atoms with Gasteiger partial charge in [-0.25, -0.2) is 0 Å². The lowest BCUT2D eigenvalue weighted by atomic mass is 9.85. The van der Waals surface area contributed by atoms with Crippen LogP contribution in [0, 0.1) is 17.8 Å². The first-order chi connectivity index (χ1) is 10.0. The standard InChI is InChI=1S/C17H33N3O/c1-13-9-14(2)12-20(11-13)8-4-7-19-17(21)15-5-3-6-16(18)10-15/h13-16H,3-12,18H2,1-2H3,(H,19,21). The van der Waals surface area contributed by atoms with Crippen molar-refractivity contribution in [3.63, 3.8) is 0 Å². The minimum Gasteiger partial charge on any atom is -0.356 e. The number of piperidine rings is 1. The highest BCUT2D eigenvalue weighted by molar-refractivity contribution is 5.78. The van der Waals surface area contributed by atoms with E-state index in [9.17, 15) is 4.79 Å². The Morgan fingerprint density at radius 2 is 1.90 bits per heavy atom. The number of carbonyl (C=O) groups excluding carboxylic acids is 1. The highest BCUT2D eigenvalue weighted by Gasteiger charge is 2.25. The molecule has 1 aliphatic heterocycles. The predicted molar refractivity (Wildman–Crippen MR) is 86.9 cm³/mol. The smallest absolute Gasteiger partial charge is 0.223 e. The molecule has 3 N–H and O–H groups in total. The lowest BCUT2D eigenvalue weighted by Gasteiger charge is -2.35. The van der Waals surface area contributed by atoms with Crippen LogP contribution in [0.2, 0.25) is 0 Å². The Balaban J connectivity index is 1.59. The zero-order chi connectivity index (χ0) is 15.2. The normalized spacial score (nSPS) is 34.6. The molecule has 1 saturated carbocycles. The Morgan fingerprint density at radius 1 is 1.19 bits per heavy atom. The van der Waals surface area contributed by atoms with Gasteiger partial charge in [-0.05, 0) is 50.5 Å². The third-order valence-electron chi connectivity index (χ3n) is 4.98. The second-order valence-electron chi connectivity index (χ2n) is 7.47. The van der Waals surface area contributed by atoms with Gasteiger partial charge >= 0.3 is 0 Å². The van der Waals surface area contributed by atoms with Gasteiger partial charge in [0, 0.05) is 31.6 Å². The van der Waals surface area contributed by atoms with Crippen molar-refractivity contribution in [1.82, 2.24) is 10.2 Å². The summed E-state index contributed by atoms with van der Waals surface area (Å²) in [4.78, 5) is 14.7. The Hall–Kier alpha value is -0.610. The Kier molecular flexibility index (Phi) is 6.49. The van der Waals surface area contributed by atoms with Crippen molar-refractivity contribution in [1.29, 1.82) is 0 Å². The van der Waals surface area contributed by atoms with E-state index >= 15 is 0 Å². The highest BCUT2D eigenvalue weighted by Crippen LogP contribution is 2.23. The monoisotopic (exact) mass is 295 g/mol. The van der Waals surface area contributed by atoms with Gasteiger partial charge in [0.25, 0.3) is 0 Å². The molecule has 0 bridgehead atoms. The van der Waals surface area contributed by atoms with Gasteiger partial charge in [0.1, 0.15) is 0 Å². The average Bonchev–Trinajstić information content (AvgIpc) is 2.42. The van der Waals surface area contributed by atoms with Crippen molar-refractivity contribution in [2.75, 3.05) is 26.2 Å². The van der Waals surface area contributed by atoms with Gasteiger partial charge in [-0.3, -0.25) is 4.79 Å². The third kappa shape index (κ3) is 5.59. The van der Waals surface area contributed by atoms with Crippen molar-refractivity contribution < 1.29 is 4.79 Å². The van der Waals surface area contributed by atoms with Crippen molar-refractivity contribution in [3.05, 3.63) is 0 Å². The van der Waals surface area contributed by atoms with Crippen LogP contribution in [0.5, 0.6) is 0 Å². The van der Waals surface area contributed by atoms with Crippen LogP contribution in [0.15, 0.2) is 0 Å². The van der Waals surface area contributed by atoms with Crippen molar-refractivity contribution in [3.8, 4) is 0 Å². The zero-order valence-corrected chi connectivity index (χ0v) is 13.8. The lowest BCUT2D eigenvalue weighted by Crippen LogP contribution is -2.41. The number of hydrogen-bond acceptors (Lipinski definition) is 3. The van der Waals surface area contributed by atoms with E-state index in [2.05, 4.69) is 24.1 Å². The summed E-state index contributed by atoms with van der Waals surface area (Å²) in [5.74, 6) is 2.01. The summed E-state index contributed by atoms with van der Waals surface area (Å²) in [5, 5.41) is 3.11. The second kappa shape index (κ2) is 8.14. The number of nitrogens with one attached hydrogen (secondary N) is 1. The largest absolute Gasteiger partial charge is 0.356 e. The summed E-state index contributed by atoms with van der Waals surface area (Å²) in [7, 11) is 0. The third-order valence-corrected chi connectivity index (χ3v) is 4.98. The van der Waals surface area contributed by atoms with E-state index in [1.54, 1.807) is 0 Å². The molecule has 1 saturated heterocycles. The molecule has 1 amide bonds. The summed E-state index contributed by atoms with van der Waals surface area (Å²) in [6.45, 7) is 9.04. The molecule has 2 fully saturated rings. The summed E-state index contributed by atoms with van der Waals surface area (Å²) < 4.78 is 0. The molecule has 2 aliphatic rings. The van der Waals surface area contributed by atoms with Gasteiger partial charge in [0.05, 0.1) is 0 Å². The van der Waals surface area contributed by atoms with E-state index in [1.165, 1.54) is 19.5 Å². The summed E-state index contributed by atoms with van der Waals surface area (Å²) in [6, 6.07) is 0.228. The number of likely N-dealkylation sites (tertiary alicyclic amines) is 1. The molecule has 0 radical (unpaired) electrons. The molecule has 4 atom stereocenters. The maximum absolute atomic E-state index is 12.1. The van der Waals surface area contributed by atoms with Gasteiger partial charge in [-0.1, -0.05) is 20.3 Å². The molecule has 4 unspecified atom stereocenters. The van der Waals surface area contributed by atoms with Crippen LogP contribution < -0.4 is 11.1 Å². The molecule has 1 aliphatic carbocycles. The summed E-state index contributed by atoms with van der Waals surface area (Å²) in [6.07, 6.45) is 6.48. The zero-order valence-electron chi connectivity index (χ0n) is 13.8. The number of amides is 1. The minimum atomic E-state index is 0.156. The fourth-order valence-electron chi connectivity index (χ4n) is 4.10. The Morgan fingerprint density at radius 3 is 2.57 bits per heavy atom. The molecule has 122 valence electrons. The van der Waals surface area contributed by atoms with E-state index in [0.717, 1.165) is 57.0 Å². The van der Waals surface area contributed by atoms with E-state index < -0.39 is 0 Å². The van der Waals surface area contributed by atoms with Gasteiger partial charge in [-0.15, -0.1) is 0 Å². The number of hydrogen-bond donors (Lipinski definition) is 2. The highest BCUT2D eigenvalue weighted by atomic mass is 16.1. The molecular formula is C17H33N3O. The van der Waals surface area contributed by atoms with Gasteiger partial charge in [0.15, 0.2) is 0 Å². The lowest BCUT2D eigenvalue weighted by molar-refractivity contribution is -0.126. The number of carbonyl (C=O) groups is 1. The van der Waals surface area contributed by atoms with Crippen LogP contribution in [0.1, 0.15) is 52.4 Å². The van der Waals surface area contributed by atoms with E-state index in [0.29, 0.717) is 0 Å². The predicted octanol–water partition coefficient (Wildman–Crippen LogP) is 1.99. The van der Waals surface area contributed by atoms with E-state index in [4.69, 9.17) is 5.73 Å². The molecule has 0 aromatic rings.